The molecule has 92 valence electrons. The first-order valence-corrected chi connectivity index (χ1v) is 5.96. The lowest BCUT2D eigenvalue weighted by atomic mass is 10.1. The summed E-state index contributed by atoms with van der Waals surface area (Å²) in [5.74, 6) is -1.17. The second-order valence-electron chi connectivity index (χ2n) is 3.49. The van der Waals surface area contributed by atoms with Gasteiger partial charge in [0.05, 0.1) is 15.1 Å². The Labute approximate surface area is 118 Å². The van der Waals surface area contributed by atoms with Gasteiger partial charge in [-0.15, -0.1) is 0 Å². The molecule has 1 heterocycles. The van der Waals surface area contributed by atoms with Crippen molar-refractivity contribution in [3.05, 3.63) is 51.2 Å². The summed E-state index contributed by atoms with van der Waals surface area (Å²) >= 11 is 17.6. The van der Waals surface area contributed by atoms with Crippen molar-refractivity contribution in [1.29, 1.82) is 0 Å². The summed E-state index contributed by atoms with van der Waals surface area (Å²) in [5.41, 5.74) is 1.25. The molecule has 0 unspecified atom stereocenters. The average Bonchev–Trinajstić information content (AvgIpc) is 2.32. The highest BCUT2D eigenvalue weighted by molar-refractivity contribution is 6.42. The molecule has 1 N–H and O–H groups in total. The minimum absolute atomic E-state index is 0.0751. The van der Waals surface area contributed by atoms with E-state index in [0.717, 1.165) is 5.56 Å². The fourth-order valence-electron chi connectivity index (χ4n) is 1.43. The molecule has 2 aromatic rings. The van der Waals surface area contributed by atoms with E-state index in [4.69, 9.17) is 39.9 Å². The Morgan fingerprint density at radius 2 is 1.67 bits per heavy atom. The number of halogens is 3. The fraction of sp³-hybridized carbons (Fsp3) is 0. The maximum Gasteiger partial charge on any atom is 0.356 e. The predicted octanol–water partition coefficient (Wildman–Crippen LogP) is 4.41. The lowest BCUT2D eigenvalue weighted by Crippen LogP contribution is -2.01. The van der Waals surface area contributed by atoms with Gasteiger partial charge in [-0.1, -0.05) is 40.9 Å². The topological polar surface area (TPSA) is 50.2 Å². The number of hydrogen-bond donors (Lipinski definition) is 1. The van der Waals surface area contributed by atoms with Gasteiger partial charge in [-0.3, -0.25) is 0 Å². The number of benzene rings is 1. The number of hydrogen-bond acceptors (Lipinski definition) is 2. The maximum atomic E-state index is 10.8. The first-order chi connectivity index (χ1) is 8.49. The number of rotatable bonds is 2. The molecule has 2 rings (SSSR count). The molecule has 0 saturated carbocycles. The Kier molecular flexibility index (Phi) is 3.76. The molecule has 0 spiro atoms. The SMILES string of the molecule is O=C(O)c1ncc(-c2ccc(Cl)c(Cl)c2)cc1Cl. The summed E-state index contributed by atoms with van der Waals surface area (Å²) < 4.78 is 0. The summed E-state index contributed by atoms with van der Waals surface area (Å²) in [6.07, 6.45) is 1.43. The van der Waals surface area contributed by atoms with Crippen LogP contribution >= 0.6 is 34.8 Å². The highest BCUT2D eigenvalue weighted by Crippen LogP contribution is 2.29. The van der Waals surface area contributed by atoms with E-state index >= 15 is 0 Å². The van der Waals surface area contributed by atoms with Gasteiger partial charge in [0, 0.05) is 11.8 Å². The molecule has 1 aromatic carbocycles. The summed E-state index contributed by atoms with van der Waals surface area (Å²) in [6.45, 7) is 0. The lowest BCUT2D eigenvalue weighted by molar-refractivity contribution is 0.0691. The number of aromatic nitrogens is 1. The molecule has 6 heteroatoms. The third kappa shape index (κ3) is 2.58. The first-order valence-electron chi connectivity index (χ1n) is 4.83. The molecule has 0 aliphatic heterocycles. The third-order valence-electron chi connectivity index (χ3n) is 2.30. The Hall–Kier alpha value is -1.29. The largest absolute Gasteiger partial charge is 0.476 e. The van der Waals surface area contributed by atoms with E-state index in [9.17, 15) is 4.79 Å². The molecule has 0 atom stereocenters. The van der Waals surface area contributed by atoms with Crippen molar-refractivity contribution in [3.63, 3.8) is 0 Å². The zero-order valence-corrected chi connectivity index (χ0v) is 11.1. The van der Waals surface area contributed by atoms with Gasteiger partial charge < -0.3 is 5.11 Å². The summed E-state index contributed by atoms with van der Waals surface area (Å²) in [5, 5.41) is 9.75. The Morgan fingerprint density at radius 3 is 2.22 bits per heavy atom. The van der Waals surface area contributed by atoms with Crippen molar-refractivity contribution in [3.8, 4) is 11.1 Å². The molecular weight excluding hydrogens is 296 g/mol. The molecule has 0 bridgehead atoms. The van der Waals surface area contributed by atoms with Crippen molar-refractivity contribution in [2.24, 2.45) is 0 Å². The van der Waals surface area contributed by atoms with Gasteiger partial charge >= 0.3 is 5.97 Å². The Bertz CT molecular complexity index is 629. The molecule has 0 aliphatic carbocycles. The monoisotopic (exact) mass is 301 g/mol. The van der Waals surface area contributed by atoms with Crippen molar-refractivity contribution in [2.75, 3.05) is 0 Å². The summed E-state index contributed by atoms with van der Waals surface area (Å²) in [4.78, 5) is 14.6. The average molecular weight is 303 g/mol. The standard InChI is InChI=1S/C12H6Cl3NO2/c13-8-2-1-6(3-9(8)14)7-4-10(15)11(12(17)18)16-5-7/h1-5H,(H,17,18). The van der Waals surface area contributed by atoms with E-state index in [1.807, 2.05) is 0 Å². The van der Waals surface area contributed by atoms with Gasteiger partial charge in [0.15, 0.2) is 5.69 Å². The minimum Gasteiger partial charge on any atom is -0.476 e. The van der Waals surface area contributed by atoms with E-state index in [0.29, 0.717) is 15.6 Å². The number of carbonyl (C=O) groups is 1. The number of carboxylic acids is 1. The van der Waals surface area contributed by atoms with Gasteiger partial charge in [-0.2, -0.15) is 0 Å². The van der Waals surface area contributed by atoms with Crippen LogP contribution < -0.4 is 0 Å². The van der Waals surface area contributed by atoms with Crippen LogP contribution in [0.1, 0.15) is 10.5 Å². The molecule has 0 radical (unpaired) electrons. The lowest BCUT2D eigenvalue weighted by Gasteiger charge is -2.05. The van der Waals surface area contributed by atoms with E-state index in [1.54, 1.807) is 18.2 Å². The van der Waals surface area contributed by atoms with Crippen LogP contribution in [-0.4, -0.2) is 16.1 Å². The van der Waals surface area contributed by atoms with Crippen LogP contribution in [-0.2, 0) is 0 Å². The smallest absolute Gasteiger partial charge is 0.356 e. The molecule has 0 amide bonds. The van der Waals surface area contributed by atoms with Gasteiger partial charge in [0.1, 0.15) is 0 Å². The molecule has 18 heavy (non-hydrogen) atoms. The second-order valence-corrected chi connectivity index (χ2v) is 4.71. The predicted molar refractivity (Wildman–Crippen MR) is 71.7 cm³/mol. The van der Waals surface area contributed by atoms with E-state index < -0.39 is 5.97 Å². The molecular formula is C12H6Cl3NO2. The van der Waals surface area contributed by atoms with Crippen molar-refractivity contribution in [2.45, 2.75) is 0 Å². The molecule has 0 aliphatic rings. The van der Waals surface area contributed by atoms with Gasteiger partial charge in [-0.05, 0) is 23.8 Å². The Morgan fingerprint density at radius 1 is 1.00 bits per heavy atom. The Balaban J connectivity index is 2.48. The van der Waals surface area contributed by atoms with E-state index in [1.165, 1.54) is 12.3 Å². The van der Waals surface area contributed by atoms with E-state index in [-0.39, 0.29) is 10.7 Å². The van der Waals surface area contributed by atoms with Gasteiger partial charge in [0.2, 0.25) is 0 Å². The first kappa shape index (κ1) is 13.1. The molecule has 3 nitrogen and oxygen atoms in total. The van der Waals surface area contributed by atoms with Crippen LogP contribution in [0.4, 0.5) is 0 Å². The normalized spacial score (nSPS) is 10.4. The molecule has 1 aromatic heterocycles. The van der Waals surface area contributed by atoms with Crippen LogP contribution in [0.15, 0.2) is 30.5 Å². The van der Waals surface area contributed by atoms with Crippen LogP contribution in [0.25, 0.3) is 11.1 Å². The zero-order chi connectivity index (χ0) is 13.3. The van der Waals surface area contributed by atoms with Crippen LogP contribution in [0.3, 0.4) is 0 Å². The fourth-order valence-corrected chi connectivity index (χ4v) is 1.97. The van der Waals surface area contributed by atoms with Crippen LogP contribution in [0.5, 0.6) is 0 Å². The minimum atomic E-state index is -1.17. The number of carboxylic acid groups (broad SMARTS) is 1. The second kappa shape index (κ2) is 5.14. The van der Waals surface area contributed by atoms with Crippen molar-refractivity contribution >= 4 is 40.8 Å². The van der Waals surface area contributed by atoms with E-state index in [2.05, 4.69) is 4.98 Å². The van der Waals surface area contributed by atoms with Crippen molar-refractivity contribution in [1.82, 2.24) is 4.98 Å². The quantitative estimate of drug-likeness (QED) is 0.894. The summed E-state index contributed by atoms with van der Waals surface area (Å²) in [6, 6.07) is 6.59. The molecule has 0 fully saturated rings. The maximum absolute atomic E-state index is 10.8. The third-order valence-corrected chi connectivity index (χ3v) is 3.32. The number of nitrogens with zero attached hydrogens (tertiary/aromatic N) is 1. The van der Waals surface area contributed by atoms with Gasteiger partial charge in [0.25, 0.3) is 0 Å². The zero-order valence-electron chi connectivity index (χ0n) is 8.82. The van der Waals surface area contributed by atoms with Gasteiger partial charge in [-0.25, -0.2) is 9.78 Å². The molecule has 0 saturated heterocycles. The van der Waals surface area contributed by atoms with Crippen molar-refractivity contribution < 1.29 is 9.90 Å². The number of aromatic carboxylic acids is 1. The van der Waals surface area contributed by atoms with Crippen LogP contribution in [0, 0.1) is 0 Å². The highest BCUT2D eigenvalue weighted by Gasteiger charge is 2.12. The number of pyridine rings is 1. The summed E-state index contributed by atoms with van der Waals surface area (Å²) in [7, 11) is 0. The van der Waals surface area contributed by atoms with Crippen LogP contribution in [0.2, 0.25) is 15.1 Å². The highest BCUT2D eigenvalue weighted by atomic mass is 35.5.